The number of anilines is 1. The summed E-state index contributed by atoms with van der Waals surface area (Å²) in [6.45, 7) is 5.15. The molecule has 112 valence electrons. The van der Waals surface area contributed by atoms with E-state index in [1.165, 1.54) is 0 Å². The summed E-state index contributed by atoms with van der Waals surface area (Å²) in [5.74, 6) is 1.66. The van der Waals surface area contributed by atoms with E-state index in [2.05, 4.69) is 0 Å². The van der Waals surface area contributed by atoms with E-state index in [4.69, 9.17) is 26.8 Å². The molecule has 0 saturated carbocycles. The smallest absolute Gasteiger partial charge is 0.124 e. The van der Waals surface area contributed by atoms with Gasteiger partial charge in [0.1, 0.15) is 11.5 Å². The second kappa shape index (κ2) is 7.23. The van der Waals surface area contributed by atoms with Crippen LogP contribution in [0.3, 0.4) is 0 Å². The number of nitrogens with two attached hydrogens (primary N) is 1. The lowest BCUT2D eigenvalue weighted by Gasteiger charge is -2.11. The van der Waals surface area contributed by atoms with E-state index in [1.54, 1.807) is 0 Å². The maximum Gasteiger partial charge on any atom is 0.124 e. The summed E-state index contributed by atoms with van der Waals surface area (Å²) in [5.41, 5.74) is 8.55. The van der Waals surface area contributed by atoms with Gasteiger partial charge in [-0.2, -0.15) is 0 Å². The van der Waals surface area contributed by atoms with Crippen LogP contribution in [-0.2, 0) is 0 Å². The highest BCUT2D eigenvalue weighted by molar-refractivity contribution is 6.31. The average Bonchev–Trinajstić information content (AvgIpc) is 2.46. The molecule has 0 atom stereocenters. The predicted molar refractivity (Wildman–Crippen MR) is 87.4 cm³/mol. The standard InChI is InChI=1S/C17H20ClNO2/c1-12-4-5-14(19)11-17(12)21-9-3-8-20-15-6-7-16(18)13(2)10-15/h4-7,10-11H,3,8-9,19H2,1-2H3. The number of nitrogen functional groups attached to an aromatic ring is 1. The molecule has 3 nitrogen and oxygen atoms in total. The Labute approximate surface area is 130 Å². The summed E-state index contributed by atoms with van der Waals surface area (Å²) in [4.78, 5) is 0. The van der Waals surface area contributed by atoms with Gasteiger partial charge in [-0.3, -0.25) is 0 Å². The SMILES string of the molecule is Cc1cc(OCCCOc2cc(N)ccc2C)ccc1Cl. The molecule has 0 spiro atoms. The maximum absolute atomic E-state index is 5.97. The molecule has 0 fully saturated rings. The number of rotatable bonds is 6. The van der Waals surface area contributed by atoms with Gasteiger partial charge in [0, 0.05) is 23.2 Å². The quantitative estimate of drug-likeness (QED) is 0.636. The van der Waals surface area contributed by atoms with Gasteiger partial charge in [0.25, 0.3) is 0 Å². The fourth-order valence-electron chi connectivity index (χ4n) is 1.91. The summed E-state index contributed by atoms with van der Waals surface area (Å²) in [6.07, 6.45) is 0.802. The van der Waals surface area contributed by atoms with Gasteiger partial charge in [-0.15, -0.1) is 0 Å². The molecule has 21 heavy (non-hydrogen) atoms. The van der Waals surface area contributed by atoms with Crippen LogP contribution in [-0.4, -0.2) is 13.2 Å². The second-order valence-electron chi connectivity index (χ2n) is 4.99. The van der Waals surface area contributed by atoms with Gasteiger partial charge < -0.3 is 15.2 Å². The molecule has 2 aromatic rings. The lowest BCUT2D eigenvalue weighted by Crippen LogP contribution is -2.06. The molecule has 0 aliphatic heterocycles. The topological polar surface area (TPSA) is 44.5 Å². The van der Waals surface area contributed by atoms with E-state index >= 15 is 0 Å². The van der Waals surface area contributed by atoms with Crippen molar-refractivity contribution >= 4 is 17.3 Å². The van der Waals surface area contributed by atoms with Crippen LogP contribution in [0, 0.1) is 13.8 Å². The van der Waals surface area contributed by atoms with Crippen molar-refractivity contribution in [2.24, 2.45) is 0 Å². The minimum Gasteiger partial charge on any atom is -0.493 e. The van der Waals surface area contributed by atoms with Crippen LogP contribution in [0.4, 0.5) is 5.69 Å². The third-order valence-corrected chi connectivity index (χ3v) is 3.58. The van der Waals surface area contributed by atoms with Gasteiger partial charge in [0.15, 0.2) is 0 Å². The number of hydrogen-bond donors (Lipinski definition) is 1. The van der Waals surface area contributed by atoms with Crippen molar-refractivity contribution in [3.63, 3.8) is 0 Å². The first-order valence-corrected chi connectivity index (χ1v) is 7.32. The minimum absolute atomic E-state index is 0.594. The van der Waals surface area contributed by atoms with Gasteiger partial charge in [-0.05, 0) is 49.2 Å². The molecule has 2 rings (SSSR count). The van der Waals surface area contributed by atoms with Crippen molar-refractivity contribution < 1.29 is 9.47 Å². The van der Waals surface area contributed by atoms with Crippen molar-refractivity contribution in [3.05, 3.63) is 52.5 Å². The second-order valence-corrected chi connectivity index (χ2v) is 5.39. The molecule has 0 saturated heterocycles. The molecule has 0 aliphatic rings. The zero-order valence-electron chi connectivity index (χ0n) is 12.4. The summed E-state index contributed by atoms with van der Waals surface area (Å²) < 4.78 is 11.4. The van der Waals surface area contributed by atoms with Crippen LogP contribution in [0.1, 0.15) is 17.5 Å². The van der Waals surface area contributed by atoms with E-state index in [9.17, 15) is 0 Å². The molecule has 2 aromatic carbocycles. The number of ether oxygens (including phenoxy) is 2. The summed E-state index contributed by atoms with van der Waals surface area (Å²) in [7, 11) is 0. The van der Waals surface area contributed by atoms with Gasteiger partial charge in [-0.25, -0.2) is 0 Å². The summed E-state index contributed by atoms with van der Waals surface area (Å²) in [5, 5.41) is 0.753. The number of hydrogen-bond acceptors (Lipinski definition) is 3. The monoisotopic (exact) mass is 305 g/mol. The third-order valence-electron chi connectivity index (χ3n) is 3.16. The molecule has 4 heteroatoms. The van der Waals surface area contributed by atoms with Gasteiger partial charge in [0.05, 0.1) is 13.2 Å². The first-order chi connectivity index (χ1) is 10.1. The Morgan fingerprint density at radius 3 is 2.48 bits per heavy atom. The molecule has 0 amide bonds. The van der Waals surface area contributed by atoms with Crippen molar-refractivity contribution in [2.75, 3.05) is 18.9 Å². The van der Waals surface area contributed by atoms with Crippen LogP contribution in [0.2, 0.25) is 5.02 Å². The highest BCUT2D eigenvalue weighted by Crippen LogP contribution is 2.22. The van der Waals surface area contributed by atoms with Gasteiger partial charge in [-0.1, -0.05) is 17.7 Å². The lowest BCUT2D eigenvalue weighted by molar-refractivity contribution is 0.246. The van der Waals surface area contributed by atoms with Gasteiger partial charge in [0.2, 0.25) is 0 Å². The first kappa shape index (κ1) is 15.5. The fourth-order valence-corrected chi connectivity index (χ4v) is 2.03. The van der Waals surface area contributed by atoms with E-state index in [0.29, 0.717) is 18.9 Å². The molecule has 0 bridgehead atoms. The maximum atomic E-state index is 5.97. The van der Waals surface area contributed by atoms with Crippen LogP contribution >= 0.6 is 11.6 Å². The van der Waals surface area contributed by atoms with Crippen LogP contribution in [0.15, 0.2) is 36.4 Å². The molecular formula is C17H20ClNO2. The zero-order valence-corrected chi connectivity index (χ0v) is 13.1. The fraction of sp³-hybridized carbons (Fsp3) is 0.294. The van der Waals surface area contributed by atoms with Crippen LogP contribution in [0.5, 0.6) is 11.5 Å². The Bertz CT molecular complexity index is 614. The zero-order chi connectivity index (χ0) is 15.2. The van der Waals surface area contributed by atoms with E-state index in [-0.39, 0.29) is 0 Å². The highest BCUT2D eigenvalue weighted by Gasteiger charge is 2.01. The van der Waals surface area contributed by atoms with Crippen LogP contribution in [0.25, 0.3) is 0 Å². The first-order valence-electron chi connectivity index (χ1n) is 6.94. The highest BCUT2D eigenvalue weighted by atomic mass is 35.5. The number of aryl methyl sites for hydroxylation is 2. The van der Waals surface area contributed by atoms with Crippen LogP contribution < -0.4 is 15.2 Å². The van der Waals surface area contributed by atoms with Crippen molar-refractivity contribution in [2.45, 2.75) is 20.3 Å². The Balaban J connectivity index is 1.75. The van der Waals surface area contributed by atoms with E-state index < -0.39 is 0 Å². The van der Waals surface area contributed by atoms with Crippen molar-refractivity contribution in [3.8, 4) is 11.5 Å². The Hall–Kier alpha value is -1.87. The largest absolute Gasteiger partial charge is 0.493 e. The van der Waals surface area contributed by atoms with E-state index in [0.717, 1.165) is 34.1 Å². The third kappa shape index (κ3) is 4.57. The number of benzene rings is 2. The van der Waals surface area contributed by atoms with E-state index in [1.807, 2.05) is 50.2 Å². The summed E-state index contributed by atoms with van der Waals surface area (Å²) >= 11 is 5.97. The predicted octanol–water partition coefficient (Wildman–Crippen LogP) is 4.39. The molecule has 2 N–H and O–H groups in total. The molecule has 0 radical (unpaired) electrons. The minimum atomic E-state index is 0.594. The Morgan fingerprint density at radius 2 is 1.71 bits per heavy atom. The number of halogens is 1. The Kier molecular flexibility index (Phi) is 5.34. The Morgan fingerprint density at radius 1 is 0.952 bits per heavy atom. The average molecular weight is 306 g/mol. The summed E-state index contributed by atoms with van der Waals surface area (Å²) in [6, 6.07) is 11.3. The van der Waals surface area contributed by atoms with Crippen molar-refractivity contribution in [1.29, 1.82) is 0 Å². The molecule has 0 heterocycles. The lowest BCUT2D eigenvalue weighted by atomic mass is 10.2. The molecule has 0 unspecified atom stereocenters. The van der Waals surface area contributed by atoms with Gasteiger partial charge >= 0.3 is 0 Å². The molecule has 0 aliphatic carbocycles. The normalized spacial score (nSPS) is 10.4. The molecule has 0 aromatic heterocycles. The molecular weight excluding hydrogens is 286 g/mol. The van der Waals surface area contributed by atoms with Crippen molar-refractivity contribution in [1.82, 2.24) is 0 Å².